The van der Waals surface area contributed by atoms with Gasteiger partial charge in [-0.1, -0.05) is 41.9 Å². The van der Waals surface area contributed by atoms with E-state index in [4.69, 9.17) is 27.1 Å². The number of fused-ring (bicyclic) bond motifs is 1. The molecule has 2 aromatic heterocycles. The minimum Gasteiger partial charge on any atom is -0.383 e. The summed E-state index contributed by atoms with van der Waals surface area (Å²) in [6.07, 6.45) is 0. The van der Waals surface area contributed by atoms with Crippen molar-refractivity contribution in [1.29, 1.82) is 0 Å². The number of aromatic nitrogens is 4. The number of hydrogen-bond donors (Lipinski definition) is 2. The lowest BCUT2D eigenvalue weighted by atomic mass is 10.2. The first-order valence-electron chi connectivity index (χ1n) is 10.4. The van der Waals surface area contributed by atoms with Crippen molar-refractivity contribution in [3.05, 3.63) is 85.8 Å². The SMILES string of the molecule is COCCn1c(N)c(N(Cc2ccccc2)Cc2nc3cc(Cl)ccc3n2C)c(=O)[nH]c1=O. The Balaban J connectivity index is 1.82. The van der Waals surface area contributed by atoms with Crippen LogP contribution in [0.4, 0.5) is 11.5 Å². The van der Waals surface area contributed by atoms with Crippen molar-refractivity contribution < 1.29 is 4.74 Å². The lowest BCUT2D eigenvalue weighted by Gasteiger charge is -2.26. The number of nitrogens with zero attached hydrogens (tertiary/aromatic N) is 4. The molecular weight excluding hydrogens is 444 g/mol. The highest BCUT2D eigenvalue weighted by Gasteiger charge is 2.22. The van der Waals surface area contributed by atoms with Crippen LogP contribution >= 0.6 is 11.6 Å². The molecule has 0 spiro atoms. The summed E-state index contributed by atoms with van der Waals surface area (Å²) in [6.45, 7) is 1.17. The molecule has 2 heterocycles. The third kappa shape index (κ3) is 4.64. The van der Waals surface area contributed by atoms with Gasteiger partial charge in [-0.25, -0.2) is 9.78 Å². The lowest BCUT2D eigenvalue weighted by molar-refractivity contribution is 0.186. The molecule has 0 aliphatic heterocycles. The van der Waals surface area contributed by atoms with Crippen molar-refractivity contribution in [3.8, 4) is 0 Å². The minimum absolute atomic E-state index is 0.0820. The molecule has 4 rings (SSSR count). The fourth-order valence-corrected chi connectivity index (χ4v) is 4.01. The number of halogens is 1. The molecule has 0 radical (unpaired) electrons. The van der Waals surface area contributed by atoms with E-state index in [9.17, 15) is 9.59 Å². The summed E-state index contributed by atoms with van der Waals surface area (Å²) in [5.41, 5.74) is 8.10. The van der Waals surface area contributed by atoms with Crippen molar-refractivity contribution in [2.75, 3.05) is 24.4 Å². The number of H-pyrrole nitrogens is 1. The standard InChI is InChI=1S/C23H25ClN6O3/c1-28-18-9-8-16(24)12-17(18)26-19(28)14-29(13-15-6-4-3-5-7-15)20-21(25)30(10-11-33-2)23(32)27-22(20)31/h3-9,12H,10-11,13-14,25H2,1-2H3,(H,27,31,32). The number of benzene rings is 2. The van der Waals surface area contributed by atoms with Crippen LogP contribution in [0.3, 0.4) is 0 Å². The number of nitrogens with two attached hydrogens (primary N) is 1. The summed E-state index contributed by atoms with van der Waals surface area (Å²) in [7, 11) is 3.44. The van der Waals surface area contributed by atoms with Crippen molar-refractivity contribution in [2.24, 2.45) is 7.05 Å². The Hall–Kier alpha value is -3.56. The zero-order chi connectivity index (χ0) is 23.5. The number of anilines is 2. The number of imidazole rings is 1. The highest BCUT2D eigenvalue weighted by atomic mass is 35.5. The van der Waals surface area contributed by atoms with Gasteiger partial charge in [0.1, 0.15) is 17.3 Å². The molecule has 0 aliphatic carbocycles. The molecule has 0 atom stereocenters. The molecule has 2 aromatic carbocycles. The number of hydrogen-bond acceptors (Lipinski definition) is 6. The molecule has 0 saturated carbocycles. The maximum absolute atomic E-state index is 12.9. The third-order valence-electron chi connectivity index (χ3n) is 5.53. The van der Waals surface area contributed by atoms with Crippen LogP contribution in [0, 0.1) is 0 Å². The summed E-state index contributed by atoms with van der Waals surface area (Å²) in [6, 6.07) is 15.2. The fourth-order valence-electron chi connectivity index (χ4n) is 3.84. The van der Waals surface area contributed by atoms with Crippen molar-refractivity contribution in [1.82, 2.24) is 19.1 Å². The first-order valence-corrected chi connectivity index (χ1v) is 10.8. The second-order valence-corrected chi connectivity index (χ2v) is 8.14. The van der Waals surface area contributed by atoms with Crippen LogP contribution in [0.15, 0.2) is 58.1 Å². The Morgan fingerprint density at radius 3 is 2.64 bits per heavy atom. The fraction of sp³-hybridized carbons (Fsp3) is 0.261. The molecule has 33 heavy (non-hydrogen) atoms. The Morgan fingerprint density at radius 2 is 1.91 bits per heavy atom. The van der Waals surface area contributed by atoms with E-state index >= 15 is 0 Å². The maximum atomic E-state index is 12.9. The number of nitrogen functional groups attached to an aromatic ring is 1. The average Bonchev–Trinajstić information content (AvgIpc) is 3.08. The Labute approximate surface area is 195 Å². The molecule has 4 aromatic rings. The van der Waals surface area contributed by atoms with Gasteiger partial charge in [-0.2, -0.15) is 0 Å². The molecular formula is C23H25ClN6O3. The average molecular weight is 469 g/mol. The molecule has 172 valence electrons. The van der Waals surface area contributed by atoms with Crippen LogP contribution in [0.25, 0.3) is 11.0 Å². The number of nitrogens with one attached hydrogen (secondary N) is 1. The molecule has 3 N–H and O–H groups in total. The Morgan fingerprint density at radius 1 is 1.15 bits per heavy atom. The van der Waals surface area contributed by atoms with E-state index in [-0.39, 0.29) is 31.2 Å². The highest BCUT2D eigenvalue weighted by Crippen LogP contribution is 2.24. The van der Waals surface area contributed by atoms with E-state index in [1.165, 1.54) is 11.7 Å². The molecule has 0 saturated heterocycles. The molecule has 0 bridgehead atoms. The van der Waals surface area contributed by atoms with Crippen LogP contribution in [0.1, 0.15) is 11.4 Å². The van der Waals surface area contributed by atoms with Crippen molar-refractivity contribution in [3.63, 3.8) is 0 Å². The first kappa shape index (κ1) is 22.6. The summed E-state index contributed by atoms with van der Waals surface area (Å²) >= 11 is 6.14. The summed E-state index contributed by atoms with van der Waals surface area (Å²) in [5, 5.41) is 0.596. The van der Waals surface area contributed by atoms with Crippen LogP contribution in [0.5, 0.6) is 0 Å². The highest BCUT2D eigenvalue weighted by molar-refractivity contribution is 6.31. The second kappa shape index (κ2) is 9.51. The zero-order valence-corrected chi connectivity index (χ0v) is 19.2. The van der Waals surface area contributed by atoms with Gasteiger partial charge in [-0.15, -0.1) is 0 Å². The number of aromatic amines is 1. The van der Waals surface area contributed by atoms with E-state index in [1.54, 1.807) is 6.07 Å². The number of methoxy groups -OCH3 is 1. The van der Waals surface area contributed by atoms with E-state index < -0.39 is 11.2 Å². The van der Waals surface area contributed by atoms with Gasteiger partial charge in [0.15, 0.2) is 0 Å². The summed E-state index contributed by atoms with van der Waals surface area (Å²) in [4.78, 5) is 34.3. The topological polar surface area (TPSA) is 111 Å². The quantitative estimate of drug-likeness (QED) is 0.411. The van der Waals surface area contributed by atoms with Crippen LogP contribution < -0.4 is 21.9 Å². The van der Waals surface area contributed by atoms with Gasteiger partial charge in [-0.3, -0.25) is 14.3 Å². The van der Waals surface area contributed by atoms with Crippen molar-refractivity contribution in [2.45, 2.75) is 19.6 Å². The molecule has 0 fully saturated rings. The van der Waals surface area contributed by atoms with Gasteiger partial charge < -0.3 is 19.9 Å². The van der Waals surface area contributed by atoms with Crippen LogP contribution in [-0.4, -0.2) is 32.8 Å². The van der Waals surface area contributed by atoms with Crippen LogP contribution in [-0.2, 0) is 31.4 Å². The molecule has 10 heteroatoms. The Kier molecular flexibility index (Phi) is 6.52. The van der Waals surface area contributed by atoms with Gasteiger partial charge in [0, 0.05) is 25.7 Å². The predicted octanol–water partition coefficient (Wildman–Crippen LogP) is 2.51. The van der Waals surface area contributed by atoms with Gasteiger partial charge in [0.05, 0.1) is 30.7 Å². The van der Waals surface area contributed by atoms with E-state index in [1.807, 2.05) is 59.0 Å². The van der Waals surface area contributed by atoms with Crippen molar-refractivity contribution >= 4 is 34.1 Å². The predicted molar refractivity (Wildman–Crippen MR) is 130 cm³/mol. The zero-order valence-electron chi connectivity index (χ0n) is 18.4. The molecule has 0 amide bonds. The number of rotatable bonds is 8. The normalized spacial score (nSPS) is 11.2. The van der Waals surface area contributed by atoms with E-state index in [2.05, 4.69) is 4.98 Å². The second-order valence-electron chi connectivity index (χ2n) is 7.70. The number of ether oxygens (including phenoxy) is 1. The molecule has 0 aliphatic rings. The summed E-state index contributed by atoms with van der Waals surface area (Å²) in [5.74, 6) is 0.801. The van der Waals surface area contributed by atoms with E-state index in [0.717, 1.165) is 22.4 Å². The lowest BCUT2D eigenvalue weighted by Crippen LogP contribution is -2.39. The van der Waals surface area contributed by atoms with E-state index in [0.29, 0.717) is 11.6 Å². The third-order valence-corrected chi connectivity index (χ3v) is 5.77. The summed E-state index contributed by atoms with van der Waals surface area (Å²) < 4.78 is 8.36. The number of aryl methyl sites for hydroxylation is 1. The maximum Gasteiger partial charge on any atom is 0.330 e. The van der Waals surface area contributed by atoms with Gasteiger partial charge >= 0.3 is 5.69 Å². The first-order chi connectivity index (χ1) is 15.9. The smallest absolute Gasteiger partial charge is 0.330 e. The molecule has 9 nitrogen and oxygen atoms in total. The van der Waals surface area contributed by atoms with Gasteiger partial charge in [0.2, 0.25) is 0 Å². The minimum atomic E-state index is -0.574. The largest absolute Gasteiger partial charge is 0.383 e. The van der Waals surface area contributed by atoms with Gasteiger partial charge in [0.25, 0.3) is 5.56 Å². The molecule has 0 unspecified atom stereocenters. The Bertz CT molecular complexity index is 1390. The van der Waals surface area contributed by atoms with Gasteiger partial charge in [-0.05, 0) is 23.8 Å². The monoisotopic (exact) mass is 468 g/mol. The van der Waals surface area contributed by atoms with Crippen LogP contribution in [0.2, 0.25) is 5.02 Å².